The van der Waals surface area contributed by atoms with Gasteiger partial charge in [0, 0.05) is 11.3 Å². The van der Waals surface area contributed by atoms with Crippen LogP contribution < -0.4 is 16.8 Å². The van der Waals surface area contributed by atoms with Gasteiger partial charge in [0.1, 0.15) is 0 Å². The summed E-state index contributed by atoms with van der Waals surface area (Å²) in [5.41, 5.74) is 11.7. The molecular weight excluding hydrogens is 258 g/mol. The molecule has 6 nitrogen and oxygen atoms in total. The molecule has 0 aliphatic carbocycles. The van der Waals surface area contributed by atoms with E-state index >= 15 is 0 Å². The fraction of sp³-hybridized carbons (Fsp3) is 0. The average molecular weight is 271 g/mol. The number of carbonyl (C=O) groups excluding carboxylic acids is 2. The minimum absolute atomic E-state index is 0.0731. The number of primary amides is 1. The Bertz CT molecular complexity index is 666. The molecule has 0 saturated carbocycles. The number of carbonyl (C=O) groups is 2. The number of hydrogen-bond acceptors (Lipinski definition) is 4. The van der Waals surface area contributed by atoms with Gasteiger partial charge in [-0.05, 0) is 36.4 Å². The Morgan fingerprint density at radius 2 is 1.70 bits per heavy atom. The van der Waals surface area contributed by atoms with Crippen LogP contribution in [0.5, 0.6) is 5.75 Å². The van der Waals surface area contributed by atoms with Crippen molar-refractivity contribution in [2.75, 3.05) is 11.1 Å². The van der Waals surface area contributed by atoms with Crippen molar-refractivity contribution in [1.82, 2.24) is 0 Å². The molecule has 0 aromatic heterocycles. The second kappa shape index (κ2) is 5.31. The highest BCUT2D eigenvalue weighted by Gasteiger charge is 2.13. The number of nitrogens with one attached hydrogen (secondary N) is 1. The summed E-state index contributed by atoms with van der Waals surface area (Å²) in [4.78, 5) is 22.9. The lowest BCUT2D eigenvalue weighted by Crippen LogP contribution is -2.14. The molecule has 102 valence electrons. The van der Waals surface area contributed by atoms with E-state index in [2.05, 4.69) is 5.32 Å². The third-order valence-corrected chi connectivity index (χ3v) is 2.74. The van der Waals surface area contributed by atoms with Crippen molar-refractivity contribution in [3.05, 3.63) is 53.6 Å². The molecule has 6 N–H and O–H groups in total. The maximum absolute atomic E-state index is 12.0. The largest absolute Gasteiger partial charge is 0.505 e. The Kier molecular flexibility index (Phi) is 3.56. The molecule has 0 heterocycles. The van der Waals surface area contributed by atoms with Crippen molar-refractivity contribution in [3.8, 4) is 5.75 Å². The van der Waals surface area contributed by atoms with Gasteiger partial charge in [0.2, 0.25) is 5.91 Å². The molecule has 0 saturated heterocycles. The van der Waals surface area contributed by atoms with E-state index in [-0.39, 0.29) is 17.0 Å². The van der Waals surface area contributed by atoms with E-state index in [9.17, 15) is 14.7 Å². The van der Waals surface area contributed by atoms with Crippen molar-refractivity contribution >= 4 is 23.2 Å². The van der Waals surface area contributed by atoms with Crippen LogP contribution in [0.2, 0.25) is 0 Å². The third kappa shape index (κ3) is 2.69. The summed E-state index contributed by atoms with van der Waals surface area (Å²) in [5, 5.41) is 12.3. The topological polar surface area (TPSA) is 118 Å². The Morgan fingerprint density at radius 1 is 1.05 bits per heavy atom. The molecule has 0 atom stereocenters. The first-order valence-corrected chi connectivity index (χ1v) is 5.77. The minimum atomic E-state index is -0.545. The molecule has 20 heavy (non-hydrogen) atoms. The van der Waals surface area contributed by atoms with Crippen molar-refractivity contribution in [3.63, 3.8) is 0 Å². The van der Waals surface area contributed by atoms with E-state index in [1.165, 1.54) is 24.3 Å². The van der Waals surface area contributed by atoms with Crippen LogP contribution in [0.25, 0.3) is 0 Å². The molecule has 2 aromatic rings. The number of anilines is 2. The molecule has 0 fully saturated rings. The lowest BCUT2D eigenvalue weighted by molar-refractivity contribution is 0.0998. The standard InChI is InChI=1S/C14H13N3O3/c15-11-3-1-2-10(12(11)18)14(20)17-9-6-4-8(5-7-9)13(16)19/h1-7,18H,15H2,(H2,16,19)(H,17,20). The van der Waals surface area contributed by atoms with E-state index in [0.717, 1.165) is 0 Å². The number of hydrogen-bond donors (Lipinski definition) is 4. The molecule has 0 bridgehead atoms. The number of benzene rings is 2. The molecule has 6 heteroatoms. The van der Waals surface area contributed by atoms with E-state index < -0.39 is 11.8 Å². The number of phenolic OH excluding ortho intramolecular Hbond substituents is 1. The van der Waals surface area contributed by atoms with Gasteiger partial charge in [-0.2, -0.15) is 0 Å². The normalized spacial score (nSPS) is 10.0. The number of nitrogens with two attached hydrogens (primary N) is 2. The lowest BCUT2D eigenvalue weighted by Gasteiger charge is -2.08. The molecule has 0 spiro atoms. The van der Waals surface area contributed by atoms with E-state index in [1.807, 2.05) is 0 Å². The molecule has 0 aliphatic rings. The average Bonchev–Trinajstić information content (AvgIpc) is 2.42. The number of amides is 2. The third-order valence-electron chi connectivity index (χ3n) is 2.74. The van der Waals surface area contributed by atoms with Gasteiger partial charge in [-0.15, -0.1) is 0 Å². The van der Waals surface area contributed by atoms with Crippen LogP contribution in [0.15, 0.2) is 42.5 Å². The van der Waals surface area contributed by atoms with E-state index in [1.54, 1.807) is 18.2 Å². The molecule has 0 radical (unpaired) electrons. The van der Waals surface area contributed by atoms with Crippen LogP contribution in [-0.4, -0.2) is 16.9 Å². The first-order chi connectivity index (χ1) is 9.49. The molecule has 2 amide bonds. The molecule has 0 unspecified atom stereocenters. The number of rotatable bonds is 3. The number of aromatic hydroxyl groups is 1. The highest BCUT2D eigenvalue weighted by molar-refractivity contribution is 6.07. The molecule has 2 rings (SSSR count). The summed E-state index contributed by atoms with van der Waals surface area (Å²) in [6, 6.07) is 10.6. The van der Waals surface area contributed by atoms with Crippen LogP contribution >= 0.6 is 0 Å². The Hall–Kier alpha value is -3.02. The second-order valence-corrected chi connectivity index (χ2v) is 4.14. The zero-order chi connectivity index (χ0) is 14.7. The Balaban J connectivity index is 2.19. The second-order valence-electron chi connectivity index (χ2n) is 4.14. The van der Waals surface area contributed by atoms with Crippen LogP contribution in [0.4, 0.5) is 11.4 Å². The van der Waals surface area contributed by atoms with Crippen molar-refractivity contribution in [1.29, 1.82) is 0 Å². The predicted octanol–water partition coefficient (Wildman–Crippen LogP) is 1.33. The Labute approximate surface area is 115 Å². The maximum Gasteiger partial charge on any atom is 0.259 e. The smallest absolute Gasteiger partial charge is 0.259 e. The summed E-state index contributed by atoms with van der Waals surface area (Å²) in [5.74, 6) is -1.31. The first-order valence-electron chi connectivity index (χ1n) is 5.77. The van der Waals surface area contributed by atoms with Crippen LogP contribution in [0.3, 0.4) is 0 Å². The van der Waals surface area contributed by atoms with Crippen LogP contribution in [0, 0.1) is 0 Å². The van der Waals surface area contributed by atoms with Crippen LogP contribution in [0.1, 0.15) is 20.7 Å². The van der Waals surface area contributed by atoms with Gasteiger partial charge in [-0.1, -0.05) is 6.07 Å². The van der Waals surface area contributed by atoms with Crippen molar-refractivity contribution in [2.24, 2.45) is 5.73 Å². The maximum atomic E-state index is 12.0. The summed E-state index contributed by atoms with van der Waals surface area (Å²) in [6.45, 7) is 0. The fourth-order valence-electron chi connectivity index (χ4n) is 1.66. The highest BCUT2D eigenvalue weighted by atomic mass is 16.3. The van der Waals surface area contributed by atoms with Crippen molar-refractivity contribution in [2.45, 2.75) is 0 Å². The Morgan fingerprint density at radius 3 is 2.30 bits per heavy atom. The van der Waals surface area contributed by atoms with E-state index in [0.29, 0.717) is 11.3 Å². The van der Waals surface area contributed by atoms with Crippen LogP contribution in [-0.2, 0) is 0 Å². The zero-order valence-corrected chi connectivity index (χ0v) is 10.5. The number of para-hydroxylation sites is 1. The van der Waals surface area contributed by atoms with E-state index in [4.69, 9.17) is 11.5 Å². The summed E-state index contributed by atoms with van der Waals surface area (Å²) >= 11 is 0. The van der Waals surface area contributed by atoms with Gasteiger partial charge in [0.25, 0.3) is 5.91 Å². The SMILES string of the molecule is NC(=O)c1ccc(NC(=O)c2cccc(N)c2O)cc1. The van der Waals surface area contributed by atoms with Crippen molar-refractivity contribution < 1.29 is 14.7 Å². The van der Waals surface area contributed by atoms with Gasteiger partial charge in [0.05, 0.1) is 11.3 Å². The van der Waals surface area contributed by atoms with Gasteiger partial charge in [-0.25, -0.2) is 0 Å². The number of nitrogen functional groups attached to an aromatic ring is 1. The lowest BCUT2D eigenvalue weighted by atomic mass is 10.1. The summed E-state index contributed by atoms with van der Waals surface area (Å²) in [7, 11) is 0. The van der Waals surface area contributed by atoms with Gasteiger partial charge < -0.3 is 21.9 Å². The zero-order valence-electron chi connectivity index (χ0n) is 10.5. The quantitative estimate of drug-likeness (QED) is 0.497. The molecular formula is C14H13N3O3. The van der Waals surface area contributed by atoms with Gasteiger partial charge in [-0.3, -0.25) is 9.59 Å². The summed E-state index contributed by atoms with van der Waals surface area (Å²) < 4.78 is 0. The first kappa shape index (κ1) is 13.4. The monoisotopic (exact) mass is 271 g/mol. The molecule has 2 aromatic carbocycles. The van der Waals surface area contributed by atoms with Gasteiger partial charge >= 0.3 is 0 Å². The van der Waals surface area contributed by atoms with Gasteiger partial charge in [0.15, 0.2) is 5.75 Å². The minimum Gasteiger partial charge on any atom is -0.505 e. The highest BCUT2D eigenvalue weighted by Crippen LogP contribution is 2.25. The fourth-order valence-corrected chi connectivity index (χ4v) is 1.66. The molecule has 0 aliphatic heterocycles. The summed E-state index contributed by atoms with van der Waals surface area (Å²) in [6.07, 6.45) is 0. The number of phenols is 1. The predicted molar refractivity (Wildman–Crippen MR) is 75.4 cm³/mol.